The van der Waals surface area contributed by atoms with Gasteiger partial charge in [0.1, 0.15) is 12.5 Å². The Morgan fingerprint density at radius 2 is 1.82 bits per heavy atom. The average molecular weight is 443 g/mol. The smallest absolute Gasteiger partial charge is 0.338 e. The summed E-state index contributed by atoms with van der Waals surface area (Å²) in [4.78, 5) is 24.9. The number of aromatic nitrogens is 1. The Labute approximate surface area is 189 Å². The average Bonchev–Trinajstić information content (AvgIpc) is 3.42. The number of carboxylic acid groups (broad SMARTS) is 1. The van der Waals surface area contributed by atoms with Crippen LogP contribution in [0.5, 0.6) is 11.5 Å². The number of aliphatic carboxylic acids is 1. The van der Waals surface area contributed by atoms with E-state index in [0.717, 1.165) is 16.5 Å². The van der Waals surface area contributed by atoms with E-state index in [1.54, 1.807) is 42.6 Å². The second-order valence-electron chi connectivity index (χ2n) is 7.87. The molecule has 0 saturated heterocycles. The van der Waals surface area contributed by atoms with E-state index in [2.05, 4.69) is 0 Å². The standard InChI is InChI=1S/C26H21NO6/c1-27-13-20(24(25(28)29)17-8-10-22-23(12-17)33-15-32-22)19-9-7-18(11-21(19)27)26(30)31-14-16-5-3-2-4-6-16/h2-13,24H,14-15H2,1H3,(H,28,29). The molecular weight excluding hydrogens is 422 g/mol. The van der Waals surface area contributed by atoms with E-state index in [-0.39, 0.29) is 13.4 Å². The number of hydrogen-bond donors (Lipinski definition) is 1. The van der Waals surface area contributed by atoms with Gasteiger partial charge < -0.3 is 23.9 Å². The summed E-state index contributed by atoms with van der Waals surface area (Å²) in [5.74, 6) is -1.19. The number of esters is 1. The van der Waals surface area contributed by atoms with Crippen LogP contribution in [0, 0.1) is 0 Å². The van der Waals surface area contributed by atoms with Crippen LogP contribution in [0.1, 0.15) is 33.0 Å². The minimum absolute atomic E-state index is 0.119. The third kappa shape index (κ3) is 3.89. The zero-order valence-electron chi connectivity index (χ0n) is 17.9. The summed E-state index contributed by atoms with van der Waals surface area (Å²) in [6.07, 6.45) is 1.78. The third-order valence-corrected chi connectivity index (χ3v) is 5.76. The largest absolute Gasteiger partial charge is 0.481 e. The first-order valence-corrected chi connectivity index (χ1v) is 10.4. The Morgan fingerprint density at radius 1 is 1.03 bits per heavy atom. The maximum atomic E-state index is 12.6. The molecule has 0 aliphatic carbocycles. The summed E-state index contributed by atoms with van der Waals surface area (Å²) in [5, 5.41) is 10.8. The molecule has 33 heavy (non-hydrogen) atoms. The van der Waals surface area contributed by atoms with Gasteiger partial charge in [-0.1, -0.05) is 42.5 Å². The van der Waals surface area contributed by atoms with Gasteiger partial charge in [-0.15, -0.1) is 0 Å². The Balaban J connectivity index is 1.46. The molecule has 1 atom stereocenters. The number of carbonyl (C=O) groups excluding carboxylic acids is 1. The van der Waals surface area contributed by atoms with Crippen molar-refractivity contribution >= 4 is 22.8 Å². The molecule has 0 spiro atoms. The first kappa shape index (κ1) is 20.6. The molecule has 5 rings (SSSR count). The molecule has 1 N–H and O–H groups in total. The van der Waals surface area contributed by atoms with Crippen molar-refractivity contribution < 1.29 is 28.9 Å². The fourth-order valence-electron chi connectivity index (χ4n) is 4.13. The summed E-state index contributed by atoms with van der Waals surface area (Å²) < 4.78 is 18.0. The molecule has 0 fully saturated rings. The molecule has 7 nitrogen and oxygen atoms in total. The quantitative estimate of drug-likeness (QED) is 0.442. The summed E-state index contributed by atoms with van der Waals surface area (Å²) >= 11 is 0. The normalized spacial score (nSPS) is 13.1. The predicted octanol–water partition coefficient (Wildman–Crippen LogP) is 4.48. The van der Waals surface area contributed by atoms with Crippen molar-refractivity contribution in [2.24, 2.45) is 7.05 Å². The van der Waals surface area contributed by atoms with Crippen LogP contribution in [-0.2, 0) is 23.2 Å². The molecule has 2 heterocycles. The first-order chi connectivity index (χ1) is 16.0. The molecule has 1 aromatic heterocycles. The number of rotatable bonds is 6. The van der Waals surface area contributed by atoms with Gasteiger partial charge in [0, 0.05) is 24.1 Å². The predicted molar refractivity (Wildman–Crippen MR) is 121 cm³/mol. The van der Waals surface area contributed by atoms with Crippen molar-refractivity contribution in [2.45, 2.75) is 12.5 Å². The Morgan fingerprint density at radius 3 is 2.61 bits per heavy atom. The minimum Gasteiger partial charge on any atom is -0.481 e. The maximum Gasteiger partial charge on any atom is 0.338 e. The number of ether oxygens (including phenoxy) is 3. The van der Waals surface area contributed by atoms with Crippen molar-refractivity contribution in [1.82, 2.24) is 4.57 Å². The van der Waals surface area contributed by atoms with Crippen LogP contribution in [-0.4, -0.2) is 28.4 Å². The molecule has 4 aromatic rings. The minimum atomic E-state index is -0.979. The van der Waals surface area contributed by atoms with Crippen molar-refractivity contribution in [3.8, 4) is 11.5 Å². The number of benzene rings is 3. The van der Waals surface area contributed by atoms with Gasteiger partial charge in [0.2, 0.25) is 6.79 Å². The molecule has 0 radical (unpaired) electrons. The molecule has 0 amide bonds. The molecule has 1 unspecified atom stereocenters. The maximum absolute atomic E-state index is 12.6. The molecule has 0 bridgehead atoms. The van der Waals surface area contributed by atoms with Gasteiger partial charge in [-0.25, -0.2) is 4.79 Å². The van der Waals surface area contributed by atoms with Gasteiger partial charge >= 0.3 is 11.9 Å². The van der Waals surface area contributed by atoms with E-state index in [9.17, 15) is 14.7 Å². The van der Waals surface area contributed by atoms with E-state index in [1.165, 1.54) is 0 Å². The summed E-state index contributed by atoms with van der Waals surface area (Å²) in [7, 11) is 1.82. The zero-order chi connectivity index (χ0) is 22.9. The van der Waals surface area contributed by atoms with Gasteiger partial charge in [-0.05, 0) is 41.0 Å². The molecule has 166 valence electrons. The lowest BCUT2D eigenvalue weighted by Gasteiger charge is -2.13. The van der Waals surface area contributed by atoms with Crippen LogP contribution >= 0.6 is 0 Å². The fraction of sp³-hybridized carbons (Fsp3) is 0.154. The lowest BCUT2D eigenvalue weighted by Crippen LogP contribution is -2.13. The molecule has 0 saturated carbocycles. The van der Waals surface area contributed by atoms with Gasteiger partial charge in [0.05, 0.1) is 5.56 Å². The summed E-state index contributed by atoms with van der Waals surface area (Å²) in [6.45, 7) is 0.301. The van der Waals surface area contributed by atoms with E-state index in [4.69, 9.17) is 14.2 Å². The second kappa shape index (κ2) is 8.35. The van der Waals surface area contributed by atoms with Crippen molar-refractivity contribution in [3.63, 3.8) is 0 Å². The fourth-order valence-corrected chi connectivity index (χ4v) is 4.13. The topological polar surface area (TPSA) is 87.0 Å². The highest BCUT2D eigenvalue weighted by molar-refractivity contribution is 5.97. The van der Waals surface area contributed by atoms with Gasteiger partial charge in [-0.3, -0.25) is 4.79 Å². The monoisotopic (exact) mass is 443 g/mol. The Bertz CT molecular complexity index is 1360. The lowest BCUT2D eigenvalue weighted by molar-refractivity contribution is -0.137. The third-order valence-electron chi connectivity index (χ3n) is 5.76. The van der Waals surface area contributed by atoms with Crippen LogP contribution in [0.3, 0.4) is 0 Å². The highest BCUT2D eigenvalue weighted by atomic mass is 16.7. The van der Waals surface area contributed by atoms with Crippen LogP contribution in [0.25, 0.3) is 10.9 Å². The van der Waals surface area contributed by atoms with Crippen molar-refractivity contribution in [2.75, 3.05) is 6.79 Å². The molecule has 3 aromatic carbocycles. The van der Waals surface area contributed by atoms with Crippen LogP contribution in [0.2, 0.25) is 0 Å². The Kier molecular flexibility index (Phi) is 5.22. The number of carboxylic acids is 1. The van der Waals surface area contributed by atoms with E-state index in [1.807, 2.05) is 41.9 Å². The second-order valence-corrected chi connectivity index (χ2v) is 7.87. The number of aryl methyl sites for hydroxylation is 1. The SMILES string of the molecule is Cn1cc(C(C(=O)O)c2ccc3c(c2)OCO3)c2ccc(C(=O)OCc3ccccc3)cc21. The van der Waals surface area contributed by atoms with E-state index in [0.29, 0.717) is 28.2 Å². The van der Waals surface area contributed by atoms with Crippen LogP contribution < -0.4 is 9.47 Å². The number of carbonyl (C=O) groups is 2. The van der Waals surface area contributed by atoms with E-state index >= 15 is 0 Å². The highest BCUT2D eigenvalue weighted by Crippen LogP contribution is 2.38. The van der Waals surface area contributed by atoms with Gasteiger partial charge in [-0.2, -0.15) is 0 Å². The lowest BCUT2D eigenvalue weighted by atomic mass is 9.90. The molecule has 7 heteroatoms. The van der Waals surface area contributed by atoms with Crippen LogP contribution in [0.4, 0.5) is 0 Å². The van der Waals surface area contributed by atoms with Crippen LogP contribution in [0.15, 0.2) is 72.9 Å². The number of fused-ring (bicyclic) bond motifs is 2. The van der Waals surface area contributed by atoms with Gasteiger partial charge in [0.15, 0.2) is 11.5 Å². The number of nitrogens with zero attached hydrogens (tertiary/aromatic N) is 1. The molecule has 1 aliphatic heterocycles. The number of hydrogen-bond acceptors (Lipinski definition) is 5. The Hall–Kier alpha value is -4.26. The molecular formula is C26H21NO6. The summed E-state index contributed by atoms with van der Waals surface area (Å²) in [5.41, 5.74) is 3.27. The van der Waals surface area contributed by atoms with E-state index < -0.39 is 17.9 Å². The summed E-state index contributed by atoms with van der Waals surface area (Å²) in [6, 6.07) is 19.8. The first-order valence-electron chi connectivity index (χ1n) is 10.4. The van der Waals surface area contributed by atoms with Crippen molar-refractivity contribution in [3.05, 3.63) is 95.2 Å². The van der Waals surface area contributed by atoms with Crippen molar-refractivity contribution in [1.29, 1.82) is 0 Å². The molecule has 1 aliphatic rings. The van der Waals surface area contributed by atoms with Gasteiger partial charge in [0.25, 0.3) is 0 Å². The highest BCUT2D eigenvalue weighted by Gasteiger charge is 2.28. The zero-order valence-corrected chi connectivity index (χ0v) is 17.9.